The van der Waals surface area contributed by atoms with Crippen LogP contribution >= 0.6 is 0 Å². The van der Waals surface area contributed by atoms with Crippen molar-refractivity contribution in [2.24, 2.45) is 0 Å². The Labute approximate surface area is 117 Å². The summed E-state index contributed by atoms with van der Waals surface area (Å²) in [5.41, 5.74) is 3.39. The van der Waals surface area contributed by atoms with Crippen LogP contribution in [0.5, 0.6) is 5.75 Å². The fourth-order valence-electron chi connectivity index (χ4n) is 2.55. The van der Waals surface area contributed by atoms with Gasteiger partial charge in [0.15, 0.2) is 5.78 Å². The number of fused-ring (bicyclic) bond motifs is 1. The Morgan fingerprint density at radius 3 is 2.80 bits per heavy atom. The lowest BCUT2D eigenvalue weighted by Gasteiger charge is -2.19. The molecule has 0 aliphatic heterocycles. The molecule has 0 unspecified atom stereocenters. The Kier molecular flexibility index (Phi) is 3.33. The summed E-state index contributed by atoms with van der Waals surface area (Å²) in [6.07, 6.45) is 5.16. The highest BCUT2D eigenvalue weighted by atomic mass is 16.5. The SMILES string of the molecule is COc1cccc2c1CCC(=Cc1ccccn1)C2=O. The van der Waals surface area contributed by atoms with Gasteiger partial charge in [-0.05, 0) is 37.1 Å². The lowest BCUT2D eigenvalue weighted by Crippen LogP contribution is -2.15. The number of ether oxygens (including phenoxy) is 1. The van der Waals surface area contributed by atoms with Gasteiger partial charge in [0.05, 0.1) is 12.8 Å². The van der Waals surface area contributed by atoms with Crippen LogP contribution in [0.15, 0.2) is 48.2 Å². The van der Waals surface area contributed by atoms with Gasteiger partial charge in [-0.3, -0.25) is 9.78 Å². The highest BCUT2D eigenvalue weighted by Crippen LogP contribution is 2.32. The number of carbonyl (C=O) groups is 1. The standard InChI is InChI=1S/C17H15NO2/c1-20-16-7-4-6-15-14(16)9-8-12(17(15)19)11-13-5-2-3-10-18-13/h2-7,10-11H,8-9H2,1H3. The summed E-state index contributed by atoms with van der Waals surface area (Å²) in [5.74, 6) is 0.878. The molecule has 20 heavy (non-hydrogen) atoms. The van der Waals surface area contributed by atoms with Gasteiger partial charge in [0.25, 0.3) is 0 Å². The van der Waals surface area contributed by atoms with Gasteiger partial charge in [0.2, 0.25) is 0 Å². The molecule has 0 atom stereocenters. The first-order valence-electron chi connectivity index (χ1n) is 6.62. The average Bonchev–Trinajstić information content (AvgIpc) is 2.51. The van der Waals surface area contributed by atoms with Crippen molar-refractivity contribution in [1.82, 2.24) is 4.98 Å². The summed E-state index contributed by atoms with van der Waals surface area (Å²) in [4.78, 5) is 16.8. The minimum atomic E-state index is 0.0794. The Hall–Kier alpha value is -2.42. The van der Waals surface area contributed by atoms with Crippen LogP contribution in [0.25, 0.3) is 6.08 Å². The second-order valence-corrected chi connectivity index (χ2v) is 4.74. The van der Waals surface area contributed by atoms with E-state index in [1.54, 1.807) is 13.3 Å². The molecule has 1 aromatic carbocycles. The Morgan fingerprint density at radius 2 is 2.05 bits per heavy atom. The Bertz CT molecular complexity index is 675. The fraction of sp³-hybridized carbons (Fsp3) is 0.176. The van der Waals surface area contributed by atoms with Crippen molar-refractivity contribution < 1.29 is 9.53 Å². The maximum absolute atomic E-state index is 12.5. The zero-order valence-corrected chi connectivity index (χ0v) is 11.3. The second kappa shape index (κ2) is 5.29. The molecule has 0 saturated carbocycles. The molecule has 0 radical (unpaired) electrons. The first-order valence-corrected chi connectivity index (χ1v) is 6.62. The molecular weight excluding hydrogens is 250 g/mol. The average molecular weight is 265 g/mol. The second-order valence-electron chi connectivity index (χ2n) is 4.74. The fourth-order valence-corrected chi connectivity index (χ4v) is 2.55. The smallest absolute Gasteiger partial charge is 0.189 e. The number of allylic oxidation sites excluding steroid dienone is 1. The van der Waals surface area contributed by atoms with E-state index in [1.807, 2.05) is 42.5 Å². The molecule has 0 saturated heterocycles. The molecular formula is C17H15NO2. The number of methoxy groups -OCH3 is 1. The van der Waals surface area contributed by atoms with E-state index in [1.165, 1.54) is 0 Å². The van der Waals surface area contributed by atoms with Gasteiger partial charge >= 0.3 is 0 Å². The van der Waals surface area contributed by atoms with Crippen LogP contribution in [0.2, 0.25) is 0 Å². The lowest BCUT2D eigenvalue weighted by atomic mass is 9.86. The molecule has 0 fully saturated rings. The summed E-state index contributed by atoms with van der Waals surface area (Å²) < 4.78 is 5.33. The van der Waals surface area contributed by atoms with Gasteiger partial charge in [-0.25, -0.2) is 0 Å². The van der Waals surface area contributed by atoms with Crippen molar-refractivity contribution in [2.45, 2.75) is 12.8 Å². The van der Waals surface area contributed by atoms with E-state index < -0.39 is 0 Å². The first kappa shape index (κ1) is 12.6. The van der Waals surface area contributed by atoms with E-state index >= 15 is 0 Å². The van der Waals surface area contributed by atoms with Crippen LogP contribution in [0, 0.1) is 0 Å². The van der Waals surface area contributed by atoms with Crippen LogP contribution in [0.3, 0.4) is 0 Å². The van der Waals surface area contributed by atoms with Crippen molar-refractivity contribution in [2.75, 3.05) is 7.11 Å². The number of aromatic nitrogens is 1. The molecule has 0 amide bonds. The number of nitrogens with zero attached hydrogens (tertiary/aromatic N) is 1. The van der Waals surface area contributed by atoms with Crippen molar-refractivity contribution in [3.8, 4) is 5.75 Å². The summed E-state index contributed by atoms with van der Waals surface area (Å²) in [6, 6.07) is 11.3. The third kappa shape index (κ3) is 2.23. The van der Waals surface area contributed by atoms with Crippen molar-refractivity contribution in [3.63, 3.8) is 0 Å². The summed E-state index contributed by atoms with van der Waals surface area (Å²) in [7, 11) is 1.64. The topological polar surface area (TPSA) is 39.2 Å². The minimum absolute atomic E-state index is 0.0794. The largest absolute Gasteiger partial charge is 0.496 e. The number of ketones is 1. The zero-order chi connectivity index (χ0) is 13.9. The highest BCUT2D eigenvalue weighted by molar-refractivity contribution is 6.13. The third-order valence-corrected chi connectivity index (χ3v) is 3.54. The predicted octanol–water partition coefficient (Wildman–Crippen LogP) is 3.30. The summed E-state index contributed by atoms with van der Waals surface area (Å²) >= 11 is 0. The molecule has 3 nitrogen and oxygen atoms in total. The van der Waals surface area contributed by atoms with Crippen LogP contribution in [-0.2, 0) is 6.42 Å². The first-order chi connectivity index (χ1) is 9.79. The predicted molar refractivity (Wildman–Crippen MR) is 77.9 cm³/mol. The normalized spacial score (nSPS) is 16.1. The van der Waals surface area contributed by atoms with Gasteiger partial charge in [-0.2, -0.15) is 0 Å². The zero-order valence-electron chi connectivity index (χ0n) is 11.3. The maximum atomic E-state index is 12.5. The molecule has 1 heterocycles. The van der Waals surface area contributed by atoms with Gasteiger partial charge in [-0.15, -0.1) is 0 Å². The number of hydrogen-bond donors (Lipinski definition) is 0. The number of benzene rings is 1. The van der Waals surface area contributed by atoms with E-state index in [2.05, 4.69) is 4.98 Å². The molecule has 100 valence electrons. The van der Waals surface area contributed by atoms with Gasteiger partial charge in [-0.1, -0.05) is 18.2 Å². The van der Waals surface area contributed by atoms with Crippen molar-refractivity contribution in [1.29, 1.82) is 0 Å². The quantitative estimate of drug-likeness (QED) is 0.782. The molecule has 2 aromatic rings. The molecule has 3 rings (SSSR count). The highest BCUT2D eigenvalue weighted by Gasteiger charge is 2.24. The molecule has 1 aliphatic carbocycles. The van der Waals surface area contributed by atoms with Crippen molar-refractivity contribution in [3.05, 3.63) is 65.0 Å². The van der Waals surface area contributed by atoms with E-state index in [0.717, 1.165) is 41.0 Å². The van der Waals surface area contributed by atoms with Gasteiger partial charge in [0.1, 0.15) is 5.75 Å². The summed E-state index contributed by atoms with van der Waals surface area (Å²) in [5, 5.41) is 0. The molecule has 0 spiro atoms. The van der Waals surface area contributed by atoms with Crippen LogP contribution in [0.4, 0.5) is 0 Å². The third-order valence-electron chi connectivity index (χ3n) is 3.54. The van der Waals surface area contributed by atoms with E-state index in [0.29, 0.717) is 0 Å². The molecule has 3 heteroatoms. The van der Waals surface area contributed by atoms with E-state index in [4.69, 9.17) is 4.74 Å². The van der Waals surface area contributed by atoms with E-state index in [9.17, 15) is 4.79 Å². The monoisotopic (exact) mass is 265 g/mol. The Balaban J connectivity index is 2.00. The van der Waals surface area contributed by atoms with Gasteiger partial charge < -0.3 is 4.74 Å². The van der Waals surface area contributed by atoms with Gasteiger partial charge in [0, 0.05) is 22.9 Å². The van der Waals surface area contributed by atoms with Crippen LogP contribution < -0.4 is 4.74 Å². The number of Topliss-reactive ketones (excluding diaryl/α,β-unsaturated/α-hetero) is 1. The number of hydrogen-bond acceptors (Lipinski definition) is 3. The van der Waals surface area contributed by atoms with Crippen molar-refractivity contribution >= 4 is 11.9 Å². The Morgan fingerprint density at radius 1 is 1.15 bits per heavy atom. The summed E-state index contributed by atoms with van der Waals surface area (Å²) in [6.45, 7) is 0. The lowest BCUT2D eigenvalue weighted by molar-refractivity contribution is 0.102. The van der Waals surface area contributed by atoms with Crippen LogP contribution in [-0.4, -0.2) is 17.9 Å². The number of carbonyl (C=O) groups excluding carboxylic acids is 1. The van der Waals surface area contributed by atoms with E-state index in [-0.39, 0.29) is 5.78 Å². The molecule has 0 bridgehead atoms. The molecule has 1 aliphatic rings. The molecule has 0 N–H and O–H groups in total. The maximum Gasteiger partial charge on any atom is 0.189 e. The minimum Gasteiger partial charge on any atom is -0.496 e. The number of pyridine rings is 1. The van der Waals surface area contributed by atoms with Crippen LogP contribution in [0.1, 0.15) is 28.0 Å². The molecule has 1 aromatic heterocycles. The number of rotatable bonds is 2.